The van der Waals surface area contributed by atoms with E-state index in [1.807, 2.05) is 67.6 Å². The van der Waals surface area contributed by atoms with Crippen LogP contribution in [0.5, 0.6) is 0 Å². The molecule has 0 radical (unpaired) electrons. The van der Waals surface area contributed by atoms with Gasteiger partial charge in [-0.25, -0.2) is 0 Å². The zero-order valence-corrected chi connectivity index (χ0v) is 12.6. The molecule has 1 atom stereocenters. The third kappa shape index (κ3) is 3.97. The lowest BCUT2D eigenvalue weighted by Crippen LogP contribution is -2.04. The summed E-state index contributed by atoms with van der Waals surface area (Å²) in [5, 5.41) is 0.776. The van der Waals surface area contributed by atoms with Crippen molar-refractivity contribution < 1.29 is 9.09 Å². The lowest BCUT2D eigenvalue weighted by atomic mass is 10.2. The summed E-state index contributed by atoms with van der Waals surface area (Å²) in [5.41, 5.74) is 1.16. The molecular formula is C15H17O2PS. The van der Waals surface area contributed by atoms with E-state index >= 15 is 0 Å². The zero-order valence-electron chi connectivity index (χ0n) is 10.9. The molecule has 2 nitrogen and oxygen atoms in total. The van der Waals surface area contributed by atoms with Gasteiger partial charge in [0.05, 0.1) is 6.61 Å². The van der Waals surface area contributed by atoms with E-state index in [1.54, 1.807) is 0 Å². The predicted molar refractivity (Wildman–Crippen MR) is 83.0 cm³/mol. The summed E-state index contributed by atoms with van der Waals surface area (Å²) in [6.45, 7) is -0.494. The van der Waals surface area contributed by atoms with Gasteiger partial charge in [0.25, 0.3) is 6.57 Å². The van der Waals surface area contributed by atoms with Crippen molar-refractivity contribution in [2.75, 3.05) is 6.61 Å². The molecule has 0 saturated carbocycles. The Hall–Kier alpha value is -1.02. The topological polar surface area (TPSA) is 26.3 Å². The molecule has 0 aliphatic heterocycles. The highest BCUT2D eigenvalue weighted by Crippen LogP contribution is 2.59. The molecule has 0 amide bonds. The fourth-order valence-corrected chi connectivity index (χ4v) is 5.77. The minimum absolute atomic E-state index is 0.452. The molecule has 2 aromatic carbocycles. The first-order valence-corrected chi connectivity index (χ1v) is 9.45. The smallest absolute Gasteiger partial charge is 0.287 e. The van der Waals surface area contributed by atoms with E-state index in [0.29, 0.717) is 12.4 Å². The molecular weight excluding hydrogens is 275 g/mol. The van der Waals surface area contributed by atoms with Gasteiger partial charge in [0, 0.05) is 11.1 Å². The minimum Gasteiger partial charge on any atom is -0.318 e. The minimum atomic E-state index is -2.82. The Kier molecular flexibility index (Phi) is 5.26. The van der Waals surface area contributed by atoms with Crippen molar-refractivity contribution in [2.24, 2.45) is 0 Å². The second-order valence-corrected chi connectivity index (χ2v) is 8.54. The molecule has 19 heavy (non-hydrogen) atoms. The molecule has 1 unspecified atom stereocenters. The standard InChI is InChI=1S/C15H17O2PS/c1-2-17-18(16,15-11-7-4-8-12-15)19-13-14-9-5-3-6-10-14/h3-12H,2,13H2,1H3. The van der Waals surface area contributed by atoms with Crippen LogP contribution in [0.3, 0.4) is 0 Å². The third-order valence-electron chi connectivity index (χ3n) is 2.62. The van der Waals surface area contributed by atoms with Crippen LogP contribution in [-0.4, -0.2) is 6.61 Å². The van der Waals surface area contributed by atoms with Crippen LogP contribution in [0, 0.1) is 0 Å². The maximum atomic E-state index is 12.9. The van der Waals surface area contributed by atoms with Crippen molar-refractivity contribution in [3.8, 4) is 0 Å². The van der Waals surface area contributed by atoms with Crippen LogP contribution in [0.15, 0.2) is 60.7 Å². The maximum Gasteiger partial charge on any atom is 0.287 e. The van der Waals surface area contributed by atoms with Crippen molar-refractivity contribution in [2.45, 2.75) is 12.7 Å². The highest BCUT2D eigenvalue weighted by atomic mass is 32.7. The Morgan fingerprint density at radius 1 is 1.00 bits per heavy atom. The Balaban J connectivity index is 2.14. The third-order valence-corrected chi connectivity index (χ3v) is 7.30. The summed E-state index contributed by atoms with van der Waals surface area (Å²) in [4.78, 5) is 0. The summed E-state index contributed by atoms with van der Waals surface area (Å²) >= 11 is 1.39. The van der Waals surface area contributed by atoms with Gasteiger partial charge in [0.2, 0.25) is 0 Å². The van der Waals surface area contributed by atoms with Crippen molar-refractivity contribution in [1.82, 2.24) is 0 Å². The van der Waals surface area contributed by atoms with Gasteiger partial charge < -0.3 is 4.52 Å². The fraction of sp³-hybridized carbons (Fsp3) is 0.200. The highest BCUT2D eigenvalue weighted by Gasteiger charge is 2.25. The van der Waals surface area contributed by atoms with E-state index in [4.69, 9.17) is 4.52 Å². The highest BCUT2D eigenvalue weighted by molar-refractivity contribution is 8.58. The molecule has 0 spiro atoms. The number of rotatable bonds is 6. The number of benzene rings is 2. The van der Waals surface area contributed by atoms with Gasteiger partial charge in [0.15, 0.2) is 0 Å². The van der Waals surface area contributed by atoms with E-state index in [1.165, 1.54) is 11.4 Å². The Labute approximate surface area is 118 Å². The number of hydrogen-bond donors (Lipinski definition) is 0. The van der Waals surface area contributed by atoms with Crippen molar-refractivity contribution in [3.63, 3.8) is 0 Å². The molecule has 0 aliphatic carbocycles. The van der Waals surface area contributed by atoms with E-state index in [9.17, 15) is 4.57 Å². The van der Waals surface area contributed by atoms with Crippen molar-refractivity contribution in [1.29, 1.82) is 0 Å². The molecule has 4 heteroatoms. The molecule has 0 N–H and O–H groups in total. The van der Waals surface area contributed by atoms with Crippen LogP contribution >= 0.6 is 18.0 Å². The van der Waals surface area contributed by atoms with Crippen LogP contribution in [0.2, 0.25) is 0 Å². The van der Waals surface area contributed by atoms with Gasteiger partial charge in [-0.1, -0.05) is 59.9 Å². The molecule has 0 aliphatic rings. The Morgan fingerprint density at radius 2 is 1.58 bits per heavy atom. The summed E-state index contributed by atoms with van der Waals surface area (Å²) in [6.07, 6.45) is 0. The molecule has 100 valence electrons. The first-order valence-electron chi connectivity index (χ1n) is 6.23. The largest absolute Gasteiger partial charge is 0.318 e. The molecule has 0 fully saturated rings. The second kappa shape index (κ2) is 6.95. The van der Waals surface area contributed by atoms with E-state index < -0.39 is 6.57 Å². The van der Waals surface area contributed by atoms with Crippen LogP contribution in [0.1, 0.15) is 12.5 Å². The van der Waals surface area contributed by atoms with Gasteiger partial charge >= 0.3 is 0 Å². The summed E-state index contributed by atoms with van der Waals surface area (Å²) in [6, 6.07) is 19.5. The van der Waals surface area contributed by atoms with Crippen molar-refractivity contribution in [3.05, 3.63) is 66.2 Å². The second-order valence-electron chi connectivity index (χ2n) is 4.01. The van der Waals surface area contributed by atoms with E-state index in [2.05, 4.69) is 0 Å². The first-order chi connectivity index (χ1) is 9.24. The van der Waals surface area contributed by atoms with Crippen LogP contribution in [-0.2, 0) is 14.8 Å². The summed E-state index contributed by atoms with van der Waals surface area (Å²) in [7, 11) is 0. The van der Waals surface area contributed by atoms with Crippen molar-refractivity contribution >= 4 is 23.3 Å². The summed E-state index contributed by atoms with van der Waals surface area (Å²) in [5.74, 6) is 0.688. The average Bonchev–Trinajstić information content (AvgIpc) is 2.48. The molecule has 2 rings (SSSR count). The molecule has 0 heterocycles. The maximum absolute atomic E-state index is 12.9. The van der Waals surface area contributed by atoms with Gasteiger partial charge in [0.1, 0.15) is 0 Å². The Morgan fingerprint density at radius 3 is 2.16 bits per heavy atom. The predicted octanol–water partition coefficient (Wildman–Crippen LogP) is 4.47. The monoisotopic (exact) mass is 292 g/mol. The molecule has 0 saturated heterocycles. The lowest BCUT2D eigenvalue weighted by Gasteiger charge is -2.17. The van der Waals surface area contributed by atoms with Crippen LogP contribution in [0.25, 0.3) is 0 Å². The van der Waals surface area contributed by atoms with Gasteiger partial charge in [-0.15, -0.1) is 0 Å². The van der Waals surface area contributed by atoms with Gasteiger partial charge in [-0.05, 0) is 24.6 Å². The zero-order chi connectivity index (χ0) is 13.6. The van der Waals surface area contributed by atoms with E-state index in [-0.39, 0.29) is 0 Å². The quantitative estimate of drug-likeness (QED) is 0.735. The fourth-order valence-electron chi connectivity index (χ4n) is 1.70. The molecule has 0 aromatic heterocycles. The lowest BCUT2D eigenvalue weighted by molar-refractivity contribution is 0.353. The Bertz CT molecular complexity index is 543. The normalized spacial score (nSPS) is 13.9. The average molecular weight is 292 g/mol. The van der Waals surface area contributed by atoms with Crippen LogP contribution < -0.4 is 5.30 Å². The first kappa shape index (κ1) is 14.4. The SMILES string of the molecule is CCOP(=O)(SCc1ccccc1)c1ccccc1. The molecule has 2 aromatic rings. The molecule has 0 bridgehead atoms. The number of hydrogen-bond acceptors (Lipinski definition) is 3. The van der Waals surface area contributed by atoms with Gasteiger partial charge in [-0.3, -0.25) is 4.57 Å². The van der Waals surface area contributed by atoms with E-state index in [0.717, 1.165) is 10.9 Å². The van der Waals surface area contributed by atoms with Crippen LogP contribution in [0.4, 0.5) is 0 Å². The van der Waals surface area contributed by atoms with Gasteiger partial charge in [-0.2, -0.15) is 0 Å². The summed E-state index contributed by atoms with van der Waals surface area (Å²) < 4.78 is 18.5.